The summed E-state index contributed by atoms with van der Waals surface area (Å²) in [6.07, 6.45) is 7.15. The van der Waals surface area contributed by atoms with Crippen molar-refractivity contribution in [3.8, 4) is 5.75 Å². The molecule has 4 nitrogen and oxygen atoms in total. The highest BCUT2D eigenvalue weighted by Crippen LogP contribution is 2.25. The molecular formula is C16H22N2O2. The summed E-state index contributed by atoms with van der Waals surface area (Å²) in [7, 11) is 0. The second-order valence-corrected chi connectivity index (χ2v) is 5.66. The van der Waals surface area contributed by atoms with Gasteiger partial charge in [-0.3, -0.25) is 0 Å². The maximum Gasteiger partial charge on any atom is 0.315 e. The van der Waals surface area contributed by atoms with Crippen molar-refractivity contribution in [2.45, 2.75) is 44.6 Å². The molecule has 2 aliphatic carbocycles. The third kappa shape index (κ3) is 3.65. The summed E-state index contributed by atoms with van der Waals surface area (Å²) >= 11 is 0. The van der Waals surface area contributed by atoms with Crippen LogP contribution in [0.3, 0.4) is 0 Å². The van der Waals surface area contributed by atoms with Crippen LogP contribution < -0.4 is 15.4 Å². The van der Waals surface area contributed by atoms with Crippen molar-refractivity contribution in [3.05, 3.63) is 29.3 Å². The zero-order valence-corrected chi connectivity index (χ0v) is 11.8. The Kier molecular flexibility index (Phi) is 4.09. The summed E-state index contributed by atoms with van der Waals surface area (Å²) in [5.41, 5.74) is 2.89. The van der Waals surface area contributed by atoms with Gasteiger partial charge in [0.2, 0.25) is 0 Å². The minimum absolute atomic E-state index is 0.0819. The van der Waals surface area contributed by atoms with E-state index in [1.165, 1.54) is 30.4 Å². The van der Waals surface area contributed by atoms with Gasteiger partial charge in [0.25, 0.3) is 0 Å². The predicted octanol–water partition coefficient (Wildman–Crippen LogP) is 2.41. The molecule has 0 saturated heterocycles. The van der Waals surface area contributed by atoms with Crippen LogP contribution in [-0.4, -0.2) is 25.2 Å². The molecular weight excluding hydrogens is 252 g/mol. The predicted molar refractivity (Wildman–Crippen MR) is 78.1 cm³/mol. The number of benzene rings is 1. The third-order valence-corrected chi connectivity index (χ3v) is 3.89. The molecule has 0 aliphatic heterocycles. The molecule has 20 heavy (non-hydrogen) atoms. The van der Waals surface area contributed by atoms with Crippen molar-refractivity contribution in [1.29, 1.82) is 0 Å². The first kappa shape index (κ1) is 13.3. The van der Waals surface area contributed by atoms with Gasteiger partial charge in [-0.1, -0.05) is 6.07 Å². The number of aryl methyl sites for hydroxylation is 2. The SMILES string of the molecule is O=C(NCCOc1ccc2c(c1)CCCC2)NC1CC1. The fraction of sp³-hybridized carbons (Fsp3) is 0.562. The largest absolute Gasteiger partial charge is 0.492 e. The van der Waals surface area contributed by atoms with Crippen LogP contribution in [0, 0.1) is 0 Å². The molecule has 1 saturated carbocycles. The van der Waals surface area contributed by atoms with Gasteiger partial charge >= 0.3 is 6.03 Å². The van der Waals surface area contributed by atoms with Crippen LogP contribution in [-0.2, 0) is 12.8 Å². The van der Waals surface area contributed by atoms with Gasteiger partial charge in [0, 0.05) is 6.04 Å². The Balaban J connectivity index is 1.40. The second kappa shape index (κ2) is 6.16. The van der Waals surface area contributed by atoms with Crippen LogP contribution in [0.5, 0.6) is 5.75 Å². The average Bonchev–Trinajstić information content (AvgIpc) is 3.27. The van der Waals surface area contributed by atoms with Crippen molar-refractivity contribution in [3.63, 3.8) is 0 Å². The fourth-order valence-corrected chi connectivity index (χ4v) is 2.60. The van der Waals surface area contributed by atoms with Gasteiger partial charge in [0.05, 0.1) is 6.54 Å². The van der Waals surface area contributed by atoms with Gasteiger partial charge in [-0.25, -0.2) is 4.79 Å². The average molecular weight is 274 g/mol. The lowest BCUT2D eigenvalue weighted by atomic mass is 9.92. The lowest BCUT2D eigenvalue weighted by Gasteiger charge is -2.17. The van der Waals surface area contributed by atoms with E-state index in [9.17, 15) is 4.79 Å². The second-order valence-electron chi connectivity index (χ2n) is 5.66. The molecule has 2 aliphatic rings. The van der Waals surface area contributed by atoms with Gasteiger partial charge in [-0.2, -0.15) is 0 Å². The Morgan fingerprint density at radius 3 is 2.80 bits per heavy atom. The van der Waals surface area contributed by atoms with Crippen LogP contribution in [0.1, 0.15) is 36.8 Å². The number of amides is 2. The first-order chi connectivity index (χ1) is 9.81. The standard InChI is InChI=1S/C16H22N2O2/c19-16(18-14-6-7-14)17-9-10-20-15-8-5-12-3-1-2-4-13(12)11-15/h5,8,11,14H,1-4,6-7,9-10H2,(H2,17,18,19). The number of carbonyl (C=O) groups excluding carboxylic acids is 1. The fourth-order valence-electron chi connectivity index (χ4n) is 2.60. The monoisotopic (exact) mass is 274 g/mol. The highest BCUT2D eigenvalue weighted by atomic mass is 16.5. The number of urea groups is 1. The number of hydrogen-bond donors (Lipinski definition) is 2. The molecule has 3 rings (SSSR count). The molecule has 1 fully saturated rings. The van der Waals surface area contributed by atoms with Gasteiger partial charge < -0.3 is 15.4 Å². The van der Waals surface area contributed by atoms with Gasteiger partial charge in [0.15, 0.2) is 0 Å². The summed E-state index contributed by atoms with van der Waals surface area (Å²) in [5, 5.41) is 5.70. The molecule has 0 radical (unpaired) electrons. The number of nitrogens with one attached hydrogen (secondary N) is 2. The maximum atomic E-state index is 11.4. The highest BCUT2D eigenvalue weighted by Gasteiger charge is 2.22. The van der Waals surface area contributed by atoms with Crippen LogP contribution in [0.25, 0.3) is 0 Å². The van der Waals surface area contributed by atoms with E-state index in [4.69, 9.17) is 4.74 Å². The first-order valence-corrected chi connectivity index (χ1v) is 7.60. The molecule has 0 heterocycles. The Morgan fingerprint density at radius 1 is 1.20 bits per heavy atom. The number of rotatable bonds is 5. The van der Waals surface area contributed by atoms with E-state index in [0.717, 1.165) is 25.0 Å². The molecule has 1 aromatic carbocycles. The lowest BCUT2D eigenvalue weighted by Crippen LogP contribution is -2.38. The van der Waals surface area contributed by atoms with Gasteiger partial charge in [-0.15, -0.1) is 0 Å². The van der Waals surface area contributed by atoms with Gasteiger partial charge in [0.1, 0.15) is 12.4 Å². The van der Waals surface area contributed by atoms with Gasteiger partial charge in [-0.05, 0) is 61.8 Å². The van der Waals surface area contributed by atoms with Crippen molar-refractivity contribution >= 4 is 6.03 Å². The van der Waals surface area contributed by atoms with Crippen LogP contribution in [0.15, 0.2) is 18.2 Å². The van der Waals surface area contributed by atoms with Crippen LogP contribution in [0.2, 0.25) is 0 Å². The molecule has 0 atom stereocenters. The number of ether oxygens (including phenoxy) is 1. The number of fused-ring (bicyclic) bond motifs is 1. The normalized spacial score (nSPS) is 17.2. The summed E-state index contributed by atoms with van der Waals surface area (Å²) in [6, 6.07) is 6.68. The van der Waals surface area contributed by atoms with E-state index in [2.05, 4.69) is 22.8 Å². The van der Waals surface area contributed by atoms with E-state index >= 15 is 0 Å². The summed E-state index contributed by atoms with van der Waals surface area (Å²) < 4.78 is 5.70. The highest BCUT2D eigenvalue weighted by molar-refractivity contribution is 5.74. The Labute approximate surface area is 119 Å². The molecule has 2 N–H and O–H groups in total. The minimum atomic E-state index is -0.0819. The van der Waals surface area contributed by atoms with E-state index in [-0.39, 0.29) is 6.03 Å². The van der Waals surface area contributed by atoms with E-state index < -0.39 is 0 Å². The minimum Gasteiger partial charge on any atom is -0.492 e. The van der Waals surface area contributed by atoms with E-state index in [0.29, 0.717) is 19.2 Å². The topological polar surface area (TPSA) is 50.4 Å². The zero-order chi connectivity index (χ0) is 13.8. The van der Waals surface area contributed by atoms with Crippen molar-refractivity contribution in [2.24, 2.45) is 0 Å². The van der Waals surface area contributed by atoms with Crippen molar-refractivity contribution in [2.75, 3.05) is 13.2 Å². The van der Waals surface area contributed by atoms with E-state index in [1.807, 2.05) is 6.07 Å². The first-order valence-electron chi connectivity index (χ1n) is 7.60. The molecule has 1 aromatic rings. The molecule has 108 valence electrons. The van der Waals surface area contributed by atoms with E-state index in [1.54, 1.807) is 0 Å². The van der Waals surface area contributed by atoms with Crippen molar-refractivity contribution in [1.82, 2.24) is 10.6 Å². The molecule has 4 heteroatoms. The zero-order valence-electron chi connectivity index (χ0n) is 11.8. The molecule has 0 aromatic heterocycles. The summed E-state index contributed by atoms with van der Waals surface area (Å²) in [5.74, 6) is 0.912. The summed E-state index contributed by atoms with van der Waals surface area (Å²) in [4.78, 5) is 11.4. The summed E-state index contributed by atoms with van der Waals surface area (Å²) in [6.45, 7) is 1.05. The Hall–Kier alpha value is -1.71. The number of carbonyl (C=O) groups is 1. The molecule has 0 spiro atoms. The quantitative estimate of drug-likeness (QED) is 0.810. The Bertz CT molecular complexity index is 483. The Morgan fingerprint density at radius 2 is 2.00 bits per heavy atom. The molecule has 2 amide bonds. The van der Waals surface area contributed by atoms with Crippen molar-refractivity contribution < 1.29 is 9.53 Å². The van der Waals surface area contributed by atoms with Crippen LogP contribution in [0.4, 0.5) is 4.79 Å². The maximum absolute atomic E-state index is 11.4. The molecule has 0 unspecified atom stereocenters. The van der Waals surface area contributed by atoms with Crippen LogP contribution >= 0.6 is 0 Å². The number of hydrogen-bond acceptors (Lipinski definition) is 2. The smallest absolute Gasteiger partial charge is 0.315 e. The molecule has 0 bridgehead atoms. The lowest BCUT2D eigenvalue weighted by molar-refractivity contribution is 0.236. The third-order valence-electron chi connectivity index (χ3n) is 3.89.